The third-order valence-corrected chi connectivity index (χ3v) is 3.66. The van der Waals surface area contributed by atoms with Gasteiger partial charge in [0.05, 0.1) is 29.4 Å². The Kier molecular flexibility index (Phi) is 6.29. The first kappa shape index (κ1) is 20.1. The molecule has 0 aliphatic heterocycles. The molecule has 0 aliphatic carbocycles. The molecule has 5 nitrogen and oxygen atoms in total. The summed E-state index contributed by atoms with van der Waals surface area (Å²) in [6, 6.07) is 11.8. The largest absolute Gasteiger partial charge is 0.484 e. The molecule has 0 bridgehead atoms. The van der Waals surface area contributed by atoms with Crippen molar-refractivity contribution in [2.24, 2.45) is 0 Å². The van der Waals surface area contributed by atoms with Crippen LogP contribution in [0, 0.1) is 11.3 Å². The Bertz CT molecular complexity index is 841. The average Bonchev–Trinajstić information content (AvgIpc) is 2.60. The zero-order valence-corrected chi connectivity index (χ0v) is 14.8. The van der Waals surface area contributed by atoms with Gasteiger partial charge in [0.2, 0.25) is 0 Å². The van der Waals surface area contributed by atoms with E-state index in [0.29, 0.717) is 11.4 Å². The highest BCUT2D eigenvalue weighted by Crippen LogP contribution is 2.34. The first-order valence-corrected chi connectivity index (χ1v) is 7.98. The summed E-state index contributed by atoms with van der Waals surface area (Å²) in [5.74, 6) is -0.165. The molecule has 142 valence electrons. The van der Waals surface area contributed by atoms with E-state index >= 15 is 0 Å². The molecular weight excluding hydrogens is 359 g/mol. The SMILES string of the molecule is CN(C)c1ccc(C(F)(F)F)cc1NC(=O)COc1ccc(CC#N)cc1. The lowest BCUT2D eigenvalue weighted by molar-refractivity contribution is -0.137. The highest BCUT2D eigenvalue weighted by molar-refractivity contribution is 5.95. The van der Waals surface area contributed by atoms with Gasteiger partial charge in [0.15, 0.2) is 6.61 Å². The number of nitrogens with zero attached hydrogens (tertiary/aromatic N) is 2. The number of rotatable bonds is 6. The summed E-state index contributed by atoms with van der Waals surface area (Å²) < 4.78 is 44.1. The van der Waals surface area contributed by atoms with E-state index in [0.717, 1.165) is 17.7 Å². The predicted molar refractivity (Wildman–Crippen MR) is 95.7 cm³/mol. The van der Waals surface area contributed by atoms with Gasteiger partial charge < -0.3 is 15.0 Å². The molecule has 0 saturated carbocycles. The first-order chi connectivity index (χ1) is 12.7. The van der Waals surface area contributed by atoms with Crippen LogP contribution in [0.15, 0.2) is 42.5 Å². The second kappa shape index (κ2) is 8.45. The van der Waals surface area contributed by atoms with Crippen LogP contribution in [0.1, 0.15) is 11.1 Å². The number of halogens is 3. The molecule has 0 heterocycles. The molecule has 0 spiro atoms. The fraction of sp³-hybridized carbons (Fsp3) is 0.263. The van der Waals surface area contributed by atoms with E-state index in [4.69, 9.17) is 10.00 Å². The van der Waals surface area contributed by atoms with E-state index in [1.807, 2.05) is 6.07 Å². The number of alkyl halides is 3. The van der Waals surface area contributed by atoms with Gasteiger partial charge in [-0.2, -0.15) is 18.4 Å². The van der Waals surface area contributed by atoms with Gasteiger partial charge >= 0.3 is 6.18 Å². The highest BCUT2D eigenvalue weighted by atomic mass is 19.4. The van der Waals surface area contributed by atoms with Crippen molar-refractivity contribution in [3.05, 3.63) is 53.6 Å². The fourth-order valence-electron chi connectivity index (χ4n) is 2.33. The number of amides is 1. The van der Waals surface area contributed by atoms with Gasteiger partial charge in [-0.15, -0.1) is 0 Å². The molecule has 0 fully saturated rings. The number of hydrogen-bond acceptors (Lipinski definition) is 4. The molecule has 0 aromatic heterocycles. The summed E-state index contributed by atoms with van der Waals surface area (Å²) in [7, 11) is 3.33. The molecule has 2 rings (SSSR count). The Morgan fingerprint density at radius 1 is 1.19 bits per heavy atom. The van der Waals surface area contributed by atoms with Crippen molar-refractivity contribution in [3.8, 4) is 11.8 Å². The van der Waals surface area contributed by atoms with Crippen molar-refractivity contribution in [1.82, 2.24) is 0 Å². The zero-order valence-electron chi connectivity index (χ0n) is 14.8. The number of carbonyl (C=O) groups excluding carboxylic acids is 1. The van der Waals surface area contributed by atoms with Crippen LogP contribution in [-0.4, -0.2) is 26.6 Å². The third kappa shape index (κ3) is 5.64. The van der Waals surface area contributed by atoms with Gasteiger partial charge in [-0.1, -0.05) is 12.1 Å². The molecule has 2 aromatic rings. The third-order valence-electron chi connectivity index (χ3n) is 3.66. The van der Waals surface area contributed by atoms with Gasteiger partial charge in [-0.3, -0.25) is 4.79 Å². The summed E-state index contributed by atoms with van der Waals surface area (Å²) in [6.45, 7) is -0.360. The van der Waals surface area contributed by atoms with Crippen LogP contribution in [0.3, 0.4) is 0 Å². The maximum Gasteiger partial charge on any atom is 0.416 e. The normalized spacial score (nSPS) is 10.8. The number of anilines is 2. The Labute approximate surface area is 155 Å². The smallest absolute Gasteiger partial charge is 0.416 e. The summed E-state index contributed by atoms with van der Waals surface area (Å²) in [4.78, 5) is 13.7. The van der Waals surface area contributed by atoms with E-state index < -0.39 is 17.6 Å². The van der Waals surface area contributed by atoms with Gasteiger partial charge in [0.1, 0.15) is 5.75 Å². The van der Waals surface area contributed by atoms with Crippen LogP contribution in [0.2, 0.25) is 0 Å². The average molecular weight is 377 g/mol. The van der Waals surface area contributed by atoms with Gasteiger partial charge in [0, 0.05) is 14.1 Å². The van der Waals surface area contributed by atoms with Crippen molar-refractivity contribution in [2.75, 3.05) is 30.9 Å². The maximum absolute atomic E-state index is 12.9. The highest BCUT2D eigenvalue weighted by Gasteiger charge is 2.31. The number of nitrogens with one attached hydrogen (secondary N) is 1. The topological polar surface area (TPSA) is 65.4 Å². The molecule has 0 saturated heterocycles. The van der Waals surface area contributed by atoms with Crippen molar-refractivity contribution >= 4 is 17.3 Å². The van der Waals surface area contributed by atoms with Crippen molar-refractivity contribution < 1.29 is 22.7 Å². The molecule has 27 heavy (non-hydrogen) atoms. The Balaban J connectivity index is 2.07. The van der Waals surface area contributed by atoms with E-state index in [1.165, 1.54) is 6.07 Å². The molecule has 1 amide bonds. The van der Waals surface area contributed by atoms with Crippen LogP contribution in [0.25, 0.3) is 0 Å². The second-order valence-corrected chi connectivity index (χ2v) is 5.94. The molecule has 0 unspecified atom stereocenters. The standard InChI is InChI=1S/C19H18F3N3O2/c1-25(2)17-8-5-14(19(20,21)22)11-16(17)24-18(26)12-27-15-6-3-13(4-7-15)9-10-23/h3-8,11H,9,12H2,1-2H3,(H,24,26). The molecule has 0 aliphatic rings. The fourth-order valence-corrected chi connectivity index (χ4v) is 2.33. The van der Waals surface area contributed by atoms with E-state index in [-0.39, 0.29) is 18.7 Å². The summed E-state index contributed by atoms with van der Waals surface area (Å²) in [6.07, 6.45) is -4.24. The van der Waals surface area contributed by atoms with Crippen molar-refractivity contribution in [3.63, 3.8) is 0 Å². The number of hydrogen-bond donors (Lipinski definition) is 1. The van der Waals surface area contributed by atoms with Crippen LogP contribution < -0.4 is 15.0 Å². The minimum atomic E-state index is -4.51. The lowest BCUT2D eigenvalue weighted by Crippen LogP contribution is -2.22. The van der Waals surface area contributed by atoms with Crippen LogP contribution in [0.5, 0.6) is 5.75 Å². The van der Waals surface area contributed by atoms with E-state index in [9.17, 15) is 18.0 Å². The van der Waals surface area contributed by atoms with Crippen LogP contribution in [0.4, 0.5) is 24.5 Å². The maximum atomic E-state index is 12.9. The summed E-state index contributed by atoms with van der Waals surface area (Å²) >= 11 is 0. The van der Waals surface area contributed by atoms with Gasteiger partial charge in [-0.05, 0) is 35.9 Å². The molecule has 8 heteroatoms. The minimum absolute atomic E-state index is 0.0489. The molecule has 1 N–H and O–H groups in total. The van der Waals surface area contributed by atoms with E-state index in [2.05, 4.69) is 5.32 Å². The Hall–Kier alpha value is -3.21. The number of nitriles is 1. The number of benzene rings is 2. The first-order valence-electron chi connectivity index (χ1n) is 7.98. The number of carbonyl (C=O) groups is 1. The van der Waals surface area contributed by atoms with Gasteiger partial charge in [0.25, 0.3) is 5.91 Å². The van der Waals surface area contributed by atoms with Gasteiger partial charge in [-0.25, -0.2) is 0 Å². The van der Waals surface area contributed by atoms with Crippen molar-refractivity contribution in [2.45, 2.75) is 12.6 Å². The molecule has 0 radical (unpaired) electrons. The monoisotopic (exact) mass is 377 g/mol. The molecule has 0 atom stereocenters. The Morgan fingerprint density at radius 2 is 1.85 bits per heavy atom. The second-order valence-electron chi connectivity index (χ2n) is 5.94. The van der Waals surface area contributed by atoms with Crippen molar-refractivity contribution in [1.29, 1.82) is 5.26 Å². The van der Waals surface area contributed by atoms with E-state index in [1.54, 1.807) is 43.3 Å². The summed E-state index contributed by atoms with van der Waals surface area (Å²) in [5.41, 5.74) is 0.455. The minimum Gasteiger partial charge on any atom is -0.484 e. The zero-order chi connectivity index (χ0) is 20.0. The van der Waals surface area contributed by atoms with Crippen LogP contribution in [-0.2, 0) is 17.4 Å². The summed E-state index contributed by atoms with van der Waals surface area (Å²) in [5, 5.41) is 11.1. The van der Waals surface area contributed by atoms with Crippen LogP contribution >= 0.6 is 0 Å². The lowest BCUT2D eigenvalue weighted by atomic mass is 10.1. The quantitative estimate of drug-likeness (QED) is 0.830. The molecular formula is C19H18F3N3O2. The Morgan fingerprint density at radius 3 is 2.41 bits per heavy atom. The molecule has 2 aromatic carbocycles. The predicted octanol–water partition coefficient (Wildman–Crippen LogP) is 3.85. The lowest BCUT2D eigenvalue weighted by Gasteiger charge is -2.20. The number of ether oxygens (including phenoxy) is 1.